The summed E-state index contributed by atoms with van der Waals surface area (Å²) in [5, 5.41) is 1.01. The Morgan fingerprint density at radius 2 is 1.42 bits per heavy atom. The first-order valence-corrected chi connectivity index (χ1v) is 8.35. The van der Waals surface area contributed by atoms with Crippen LogP contribution in [-0.4, -0.2) is 24.2 Å². The van der Waals surface area contributed by atoms with Crippen molar-refractivity contribution in [2.45, 2.75) is 0 Å². The maximum Gasteiger partial charge on any atom is 0.221 e. The number of aromatic nitrogens is 2. The van der Waals surface area contributed by atoms with Gasteiger partial charge in [-0.1, -0.05) is 23.2 Å². The molecule has 1 heterocycles. The van der Waals surface area contributed by atoms with Crippen LogP contribution in [0.1, 0.15) is 0 Å². The molecule has 3 rings (SSSR count). The highest BCUT2D eigenvalue weighted by Crippen LogP contribution is 2.40. The third kappa shape index (κ3) is 3.61. The van der Waals surface area contributed by atoms with Crippen LogP contribution in [0.5, 0.6) is 11.5 Å². The molecule has 0 radical (unpaired) electrons. The van der Waals surface area contributed by atoms with Crippen LogP contribution >= 0.6 is 23.2 Å². The van der Waals surface area contributed by atoms with Gasteiger partial charge in [0.05, 0.1) is 35.6 Å². The second-order valence-corrected chi connectivity index (χ2v) is 6.06. The van der Waals surface area contributed by atoms with Gasteiger partial charge in [0.1, 0.15) is 17.3 Å². The molecule has 3 aromatic rings. The molecule has 0 amide bonds. The van der Waals surface area contributed by atoms with E-state index in [2.05, 4.69) is 9.97 Å². The van der Waals surface area contributed by atoms with Crippen LogP contribution in [0.15, 0.2) is 48.7 Å². The summed E-state index contributed by atoms with van der Waals surface area (Å²) < 4.78 is 10.7. The Kier molecular flexibility index (Phi) is 5.35. The van der Waals surface area contributed by atoms with E-state index in [9.17, 15) is 0 Å². The van der Waals surface area contributed by atoms with Crippen LogP contribution in [0.25, 0.3) is 0 Å². The number of ether oxygens (including phenoxy) is 2. The molecule has 0 saturated carbocycles. The van der Waals surface area contributed by atoms with Gasteiger partial charge in [-0.25, -0.2) is 4.98 Å². The third-order valence-corrected chi connectivity index (χ3v) is 4.30. The van der Waals surface area contributed by atoms with Gasteiger partial charge < -0.3 is 15.2 Å². The molecule has 6 nitrogen and oxygen atoms in total. The van der Waals surface area contributed by atoms with E-state index >= 15 is 0 Å². The minimum Gasteiger partial charge on any atom is -0.495 e. The predicted molar refractivity (Wildman–Crippen MR) is 104 cm³/mol. The van der Waals surface area contributed by atoms with Gasteiger partial charge in [-0.2, -0.15) is 4.98 Å². The van der Waals surface area contributed by atoms with Crippen LogP contribution in [0.4, 0.5) is 23.1 Å². The molecule has 0 spiro atoms. The van der Waals surface area contributed by atoms with Crippen LogP contribution in [0, 0.1) is 0 Å². The lowest BCUT2D eigenvalue weighted by molar-refractivity contribution is 0.415. The molecule has 0 saturated heterocycles. The van der Waals surface area contributed by atoms with Gasteiger partial charge in [-0.15, -0.1) is 0 Å². The zero-order chi connectivity index (χ0) is 18.7. The second-order valence-electron chi connectivity index (χ2n) is 5.25. The van der Waals surface area contributed by atoms with Crippen molar-refractivity contribution in [3.05, 3.63) is 58.7 Å². The Morgan fingerprint density at radius 3 is 1.88 bits per heavy atom. The molecule has 2 aromatic carbocycles. The first kappa shape index (κ1) is 18.1. The number of hydrogen-bond acceptors (Lipinski definition) is 6. The van der Waals surface area contributed by atoms with Crippen LogP contribution in [0.3, 0.4) is 0 Å². The Morgan fingerprint density at radius 1 is 0.885 bits per heavy atom. The number of nitrogen functional groups attached to an aromatic ring is 1. The zero-order valence-corrected chi connectivity index (χ0v) is 15.6. The number of nitrogens with two attached hydrogens (primary N) is 1. The summed E-state index contributed by atoms with van der Waals surface area (Å²) in [6, 6.07) is 12.6. The molecule has 0 aliphatic heterocycles. The normalized spacial score (nSPS) is 10.5. The molecule has 0 unspecified atom stereocenters. The number of benzene rings is 2. The number of methoxy groups -OCH3 is 2. The summed E-state index contributed by atoms with van der Waals surface area (Å²) in [6.45, 7) is 0. The Labute approximate surface area is 161 Å². The second kappa shape index (κ2) is 7.68. The molecule has 134 valence electrons. The first-order chi connectivity index (χ1) is 12.5. The van der Waals surface area contributed by atoms with Crippen molar-refractivity contribution in [3.8, 4) is 11.5 Å². The summed E-state index contributed by atoms with van der Waals surface area (Å²) in [5.41, 5.74) is 7.32. The monoisotopic (exact) mass is 390 g/mol. The molecule has 2 N–H and O–H groups in total. The summed E-state index contributed by atoms with van der Waals surface area (Å²) in [6.07, 6.45) is 1.59. The van der Waals surface area contributed by atoms with E-state index in [4.69, 9.17) is 38.4 Å². The topological polar surface area (TPSA) is 73.5 Å². The van der Waals surface area contributed by atoms with Crippen molar-refractivity contribution in [3.63, 3.8) is 0 Å². The lowest BCUT2D eigenvalue weighted by Gasteiger charge is -2.25. The molecular formula is C18H16Cl2N4O2. The van der Waals surface area contributed by atoms with E-state index in [1.165, 1.54) is 0 Å². The summed E-state index contributed by atoms with van der Waals surface area (Å²) in [4.78, 5) is 10.2. The highest BCUT2D eigenvalue weighted by Gasteiger charge is 2.17. The Bertz CT molecular complexity index is 883. The number of rotatable bonds is 5. The molecule has 0 fully saturated rings. The molecule has 0 bridgehead atoms. The van der Waals surface area contributed by atoms with Crippen LogP contribution < -0.4 is 20.1 Å². The van der Waals surface area contributed by atoms with Gasteiger partial charge >= 0.3 is 0 Å². The minimum absolute atomic E-state index is 0.161. The van der Waals surface area contributed by atoms with Crippen molar-refractivity contribution >= 4 is 46.3 Å². The van der Waals surface area contributed by atoms with Crippen molar-refractivity contribution in [1.29, 1.82) is 0 Å². The van der Waals surface area contributed by atoms with Gasteiger partial charge in [-0.3, -0.25) is 4.90 Å². The lowest BCUT2D eigenvalue weighted by Crippen LogP contribution is -2.13. The maximum absolute atomic E-state index is 6.16. The third-order valence-electron chi connectivity index (χ3n) is 3.67. The number of hydrogen-bond donors (Lipinski definition) is 1. The maximum atomic E-state index is 6.16. The summed E-state index contributed by atoms with van der Waals surface area (Å²) >= 11 is 12.3. The number of nitrogens with zero attached hydrogens (tertiary/aromatic N) is 3. The molecule has 1 aromatic heterocycles. The quantitative estimate of drug-likeness (QED) is 0.670. The van der Waals surface area contributed by atoms with E-state index in [1.54, 1.807) is 38.6 Å². The van der Waals surface area contributed by atoms with Crippen molar-refractivity contribution in [2.75, 3.05) is 24.9 Å². The number of halogens is 2. The standard InChI is InChI=1S/C18H16Cl2N4O2/c1-25-15-9-11(3-5-13(15)19)24(17-7-8-22-18(21)23-17)12-4-6-14(20)16(10-12)26-2/h3-10H,1-2H3,(H2,21,22,23). The fourth-order valence-electron chi connectivity index (χ4n) is 2.48. The van der Waals surface area contributed by atoms with Gasteiger partial charge in [-0.05, 0) is 30.3 Å². The van der Waals surface area contributed by atoms with E-state index in [0.717, 1.165) is 11.4 Å². The molecular weight excluding hydrogens is 375 g/mol. The van der Waals surface area contributed by atoms with Crippen LogP contribution in [0.2, 0.25) is 10.0 Å². The molecule has 26 heavy (non-hydrogen) atoms. The lowest BCUT2D eigenvalue weighted by atomic mass is 10.2. The average molecular weight is 391 g/mol. The molecule has 0 aliphatic carbocycles. The SMILES string of the molecule is COc1cc(N(c2ccc(Cl)c(OC)c2)c2ccnc(N)n2)ccc1Cl. The van der Waals surface area contributed by atoms with E-state index in [-0.39, 0.29) is 5.95 Å². The highest BCUT2D eigenvalue weighted by molar-refractivity contribution is 6.32. The van der Waals surface area contributed by atoms with E-state index in [0.29, 0.717) is 27.4 Å². The van der Waals surface area contributed by atoms with E-state index in [1.807, 2.05) is 29.2 Å². The Balaban J connectivity index is 2.20. The molecule has 0 aliphatic rings. The molecule has 0 atom stereocenters. The van der Waals surface area contributed by atoms with E-state index < -0.39 is 0 Å². The number of anilines is 4. The summed E-state index contributed by atoms with van der Waals surface area (Å²) in [5.74, 6) is 1.81. The van der Waals surface area contributed by atoms with Gasteiger partial charge in [0.25, 0.3) is 0 Å². The van der Waals surface area contributed by atoms with Gasteiger partial charge in [0, 0.05) is 18.3 Å². The average Bonchev–Trinajstić information content (AvgIpc) is 2.64. The van der Waals surface area contributed by atoms with Crippen molar-refractivity contribution in [2.24, 2.45) is 0 Å². The zero-order valence-electron chi connectivity index (χ0n) is 14.1. The fourth-order valence-corrected chi connectivity index (χ4v) is 2.87. The van der Waals surface area contributed by atoms with Crippen molar-refractivity contribution < 1.29 is 9.47 Å². The molecule has 8 heteroatoms. The smallest absolute Gasteiger partial charge is 0.221 e. The predicted octanol–water partition coefficient (Wildman–Crippen LogP) is 4.85. The summed E-state index contributed by atoms with van der Waals surface area (Å²) in [7, 11) is 3.12. The first-order valence-electron chi connectivity index (χ1n) is 7.59. The Hall–Kier alpha value is -2.70. The van der Waals surface area contributed by atoms with Gasteiger partial charge in [0.2, 0.25) is 5.95 Å². The highest BCUT2D eigenvalue weighted by atomic mass is 35.5. The van der Waals surface area contributed by atoms with Crippen molar-refractivity contribution in [1.82, 2.24) is 9.97 Å². The minimum atomic E-state index is 0.161. The largest absolute Gasteiger partial charge is 0.495 e. The van der Waals surface area contributed by atoms with Gasteiger partial charge in [0.15, 0.2) is 0 Å². The van der Waals surface area contributed by atoms with Crippen LogP contribution in [-0.2, 0) is 0 Å². The fraction of sp³-hybridized carbons (Fsp3) is 0.111.